The van der Waals surface area contributed by atoms with E-state index in [1.165, 1.54) is 18.2 Å². The molecular formula is C20H20F3N5O2. The molecule has 30 heavy (non-hydrogen) atoms. The molecule has 0 spiro atoms. The third kappa shape index (κ3) is 5.56. The Bertz CT molecular complexity index is 987. The molecule has 3 rings (SSSR count). The maximum Gasteiger partial charge on any atom is 0.418 e. The zero-order chi connectivity index (χ0) is 21.6. The second-order valence-corrected chi connectivity index (χ2v) is 6.46. The van der Waals surface area contributed by atoms with Crippen LogP contribution in [0, 0.1) is 0 Å². The first-order valence-corrected chi connectivity index (χ1v) is 9.34. The molecule has 10 heteroatoms. The minimum absolute atomic E-state index is 0.290. The van der Waals surface area contributed by atoms with Gasteiger partial charge in [-0.3, -0.25) is 4.79 Å². The third-order valence-corrected chi connectivity index (χ3v) is 4.12. The molecule has 0 bridgehead atoms. The zero-order valence-electron chi connectivity index (χ0n) is 16.2. The van der Waals surface area contributed by atoms with Crippen molar-refractivity contribution in [2.24, 2.45) is 0 Å². The minimum Gasteiger partial charge on any atom is -0.494 e. The summed E-state index contributed by atoms with van der Waals surface area (Å²) in [6, 6.07) is 11.8. The van der Waals surface area contributed by atoms with Gasteiger partial charge < -0.3 is 10.1 Å². The van der Waals surface area contributed by atoms with E-state index in [-0.39, 0.29) is 12.2 Å². The number of halogens is 3. The minimum atomic E-state index is -4.57. The van der Waals surface area contributed by atoms with Crippen LogP contribution in [0.15, 0.2) is 48.5 Å². The lowest BCUT2D eigenvalue weighted by atomic mass is 10.1. The number of nitrogens with one attached hydrogen (secondary N) is 1. The second kappa shape index (κ2) is 9.38. The molecule has 0 unspecified atom stereocenters. The molecule has 1 amide bonds. The van der Waals surface area contributed by atoms with E-state index in [0.717, 1.165) is 29.5 Å². The van der Waals surface area contributed by atoms with Crippen molar-refractivity contribution < 1.29 is 22.7 Å². The molecule has 0 aliphatic carbocycles. The number of hydrogen-bond acceptors (Lipinski definition) is 5. The summed E-state index contributed by atoms with van der Waals surface area (Å²) in [5.74, 6) is 0.316. The quantitative estimate of drug-likeness (QED) is 0.554. The smallest absolute Gasteiger partial charge is 0.418 e. The number of rotatable bonds is 8. The van der Waals surface area contributed by atoms with E-state index < -0.39 is 17.6 Å². The number of alkyl halides is 3. The molecule has 3 aromatic rings. The van der Waals surface area contributed by atoms with Gasteiger partial charge in [0.15, 0.2) is 0 Å². The molecule has 158 valence electrons. The van der Waals surface area contributed by atoms with Crippen molar-refractivity contribution in [2.45, 2.75) is 32.5 Å². The van der Waals surface area contributed by atoms with E-state index in [0.29, 0.717) is 18.0 Å². The van der Waals surface area contributed by atoms with Crippen molar-refractivity contribution in [3.8, 4) is 17.1 Å². The highest BCUT2D eigenvalue weighted by Crippen LogP contribution is 2.34. The number of carbonyl (C=O) groups is 1. The first kappa shape index (κ1) is 21.3. The summed E-state index contributed by atoms with van der Waals surface area (Å²) in [4.78, 5) is 13.2. The van der Waals surface area contributed by atoms with Gasteiger partial charge in [-0.1, -0.05) is 25.5 Å². The molecule has 1 aromatic heterocycles. The lowest BCUT2D eigenvalue weighted by Gasteiger charge is -2.13. The predicted octanol–water partition coefficient (Wildman–Crippen LogP) is 4.18. The van der Waals surface area contributed by atoms with Crippen LogP contribution in [0.4, 0.5) is 18.9 Å². The molecule has 1 N–H and O–H groups in total. The average molecular weight is 419 g/mol. The molecule has 7 nitrogen and oxygen atoms in total. The van der Waals surface area contributed by atoms with Crippen molar-refractivity contribution in [1.82, 2.24) is 20.2 Å². The lowest BCUT2D eigenvalue weighted by Crippen LogP contribution is -2.22. The molecule has 0 aliphatic rings. The van der Waals surface area contributed by atoms with E-state index in [1.54, 1.807) is 24.3 Å². The van der Waals surface area contributed by atoms with Gasteiger partial charge in [-0.05, 0) is 48.0 Å². The Balaban J connectivity index is 1.63. The van der Waals surface area contributed by atoms with Crippen LogP contribution < -0.4 is 10.1 Å². The Morgan fingerprint density at radius 3 is 2.57 bits per heavy atom. The number of hydrogen-bond donors (Lipinski definition) is 1. The number of para-hydroxylation sites is 1. The molecule has 0 atom stereocenters. The normalized spacial score (nSPS) is 11.3. The molecule has 0 fully saturated rings. The van der Waals surface area contributed by atoms with Crippen LogP contribution in [0.3, 0.4) is 0 Å². The first-order chi connectivity index (χ1) is 14.4. The molecular weight excluding hydrogens is 399 g/mol. The summed E-state index contributed by atoms with van der Waals surface area (Å²) in [7, 11) is 0. The van der Waals surface area contributed by atoms with E-state index in [2.05, 4.69) is 27.7 Å². The van der Waals surface area contributed by atoms with Gasteiger partial charge in [0.25, 0.3) is 0 Å². The maximum atomic E-state index is 13.0. The monoisotopic (exact) mass is 419 g/mol. The lowest BCUT2D eigenvalue weighted by molar-refractivity contribution is -0.137. The topological polar surface area (TPSA) is 81.9 Å². The Labute approximate surface area is 170 Å². The largest absolute Gasteiger partial charge is 0.494 e. The summed E-state index contributed by atoms with van der Waals surface area (Å²) < 4.78 is 44.7. The number of anilines is 1. The number of tetrazole rings is 1. The summed E-state index contributed by atoms with van der Waals surface area (Å²) >= 11 is 0. The van der Waals surface area contributed by atoms with Crippen LogP contribution in [0.5, 0.6) is 5.75 Å². The molecule has 1 heterocycles. The molecule has 0 aliphatic heterocycles. The van der Waals surface area contributed by atoms with Crippen molar-refractivity contribution in [3.05, 3.63) is 54.1 Å². The second-order valence-electron chi connectivity index (χ2n) is 6.46. The standard InChI is InChI=1S/C20H20F3N5O2/c1-2-3-12-30-15-10-8-14(9-11-15)19-25-27-28(26-19)13-18(29)24-17-7-5-4-6-16(17)20(21,22)23/h4-11H,2-3,12-13H2,1H3,(H,24,29). The maximum absolute atomic E-state index is 13.0. The highest BCUT2D eigenvalue weighted by Gasteiger charge is 2.33. The van der Waals surface area contributed by atoms with Crippen molar-refractivity contribution in [3.63, 3.8) is 0 Å². The van der Waals surface area contributed by atoms with Crippen molar-refractivity contribution >= 4 is 11.6 Å². The van der Waals surface area contributed by atoms with Gasteiger partial charge in [0.2, 0.25) is 11.7 Å². The predicted molar refractivity (Wildman–Crippen MR) is 104 cm³/mol. The Kier molecular flexibility index (Phi) is 6.65. The fraction of sp³-hybridized carbons (Fsp3) is 0.300. The van der Waals surface area contributed by atoms with Gasteiger partial charge in [-0.25, -0.2) is 0 Å². The number of amides is 1. The summed E-state index contributed by atoms with van der Waals surface area (Å²) in [5, 5.41) is 14.0. The fourth-order valence-corrected chi connectivity index (χ4v) is 2.62. The molecule has 2 aromatic carbocycles. The van der Waals surface area contributed by atoms with Crippen LogP contribution in [0.1, 0.15) is 25.3 Å². The SMILES string of the molecule is CCCCOc1ccc(-c2nnn(CC(=O)Nc3ccccc3C(F)(F)F)n2)cc1. The number of aromatic nitrogens is 4. The van der Waals surface area contributed by atoms with E-state index in [1.807, 2.05) is 0 Å². The zero-order valence-corrected chi connectivity index (χ0v) is 16.2. The van der Waals surface area contributed by atoms with Gasteiger partial charge in [-0.2, -0.15) is 18.0 Å². The number of unbranched alkanes of at least 4 members (excludes halogenated alkanes) is 1. The van der Waals surface area contributed by atoms with Crippen LogP contribution in [-0.2, 0) is 17.5 Å². The van der Waals surface area contributed by atoms with E-state index >= 15 is 0 Å². The average Bonchev–Trinajstić information content (AvgIpc) is 3.16. The Morgan fingerprint density at radius 1 is 1.13 bits per heavy atom. The van der Waals surface area contributed by atoms with Gasteiger partial charge in [-0.15, -0.1) is 10.2 Å². The highest BCUT2D eigenvalue weighted by molar-refractivity contribution is 5.91. The summed E-state index contributed by atoms with van der Waals surface area (Å²) in [6.07, 6.45) is -2.57. The van der Waals surface area contributed by atoms with Crippen LogP contribution in [0.2, 0.25) is 0 Å². The van der Waals surface area contributed by atoms with Crippen LogP contribution in [-0.4, -0.2) is 32.7 Å². The molecule has 0 saturated heterocycles. The molecule has 0 radical (unpaired) electrons. The van der Waals surface area contributed by atoms with Crippen molar-refractivity contribution in [1.29, 1.82) is 0 Å². The highest BCUT2D eigenvalue weighted by atomic mass is 19.4. The number of carbonyl (C=O) groups excluding carboxylic acids is 1. The summed E-state index contributed by atoms with van der Waals surface area (Å²) in [6.45, 7) is 2.34. The number of ether oxygens (including phenoxy) is 1. The molecule has 0 saturated carbocycles. The van der Waals surface area contributed by atoms with Gasteiger partial charge in [0.05, 0.1) is 17.9 Å². The number of nitrogens with zero attached hydrogens (tertiary/aromatic N) is 4. The first-order valence-electron chi connectivity index (χ1n) is 9.34. The summed E-state index contributed by atoms with van der Waals surface area (Å²) in [5.41, 5.74) is -0.576. The third-order valence-electron chi connectivity index (χ3n) is 4.12. The van der Waals surface area contributed by atoms with E-state index in [9.17, 15) is 18.0 Å². The number of benzene rings is 2. The van der Waals surface area contributed by atoms with Gasteiger partial charge in [0, 0.05) is 5.56 Å². The Morgan fingerprint density at radius 2 is 1.87 bits per heavy atom. The van der Waals surface area contributed by atoms with E-state index in [4.69, 9.17) is 4.74 Å². The Hall–Kier alpha value is -3.43. The van der Waals surface area contributed by atoms with Crippen molar-refractivity contribution in [2.75, 3.05) is 11.9 Å². The van der Waals surface area contributed by atoms with Gasteiger partial charge in [0.1, 0.15) is 12.3 Å². The van der Waals surface area contributed by atoms with Gasteiger partial charge >= 0.3 is 6.18 Å². The van der Waals surface area contributed by atoms with Crippen LogP contribution >= 0.6 is 0 Å². The fourth-order valence-electron chi connectivity index (χ4n) is 2.62. The van der Waals surface area contributed by atoms with Crippen LogP contribution in [0.25, 0.3) is 11.4 Å².